The molecule has 6 heteroatoms. The number of ether oxygens (including phenoxy) is 1. The number of fused-ring (bicyclic) bond motifs is 2. The van der Waals surface area contributed by atoms with Crippen LogP contribution in [0.2, 0.25) is 0 Å². The number of hydrogen-bond acceptors (Lipinski definition) is 5. The summed E-state index contributed by atoms with van der Waals surface area (Å²) in [4.78, 5) is 16.1. The molecule has 4 N–H and O–H groups in total. The highest BCUT2D eigenvalue weighted by atomic mass is 16.5. The van der Waals surface area contributed by atoms with Gasteiger partial charge < -0.3 is 15.5 Å². The number of pyridine rings is 1. The second-order valence-corrected chi connectivity index (χ2v) is 4.76. The normalized spacial score (nSPS) is 29.3. The Bertz CT molecular complexity index is 465. The van der Waals surface area contributed by atoms with E-state index >= 15 is 0 Å². The SMILES string of the molecule is NNc1cnccc1C(=O)NC1CC2CCC1O2. The minimum atomic E-state index is -0.133. The molecule has 1 aromatic heterocycles. The van der Waals surface area contributed by atoms with Crippen LogP contribution in [0, 0.1) is 0 Å². The number of amides is 1. The number of nitrogen functional groups attached to an aromatic ring is 1. The molecule has 3 unspecified atom stereocenters. The van der Waals surface area contributed by atoms with Crippen molar-refractivity contribution in [2.75, 3.05) is 5.43 Å². The Balaban J connectivity index is 1.71. The Morgan fingerprint density at radius 3 is 3.06 bits per heavy atom. The van der Waals surface area contributed by atoms with Gasteiger partial charge in [0, 0.05) is 6.20 Å². The molecule has 3 rings (SSSR count). The zero-order chi connectivity index (χ0) is 12.5. The van der Waals surface area contributed by atoms with Crippen LogP contribution in [-0.2, 0) is 4.74 Å². The van der Waals surface area contributed by atoms with Crippen LogP contribution in [0.1, 0.15) is 29.6 Å². The summed E-state index contributed by atoms with van der Waals surface area (Å²) >= 11 is 0. The summed E-state index contributed by atoms with van der Waals surface area (Å²) in [6.07, 6.45) is 6.67. The minimum absolute atomic E-state index is 0.120. The molecular weight excluding hydrogens is 232 g/mol. The predicted octanol–water partition coefficient (Wildman–Crippen LogP) is 0.417. The van der Waals surface area contributed by atoms with E-state index in [1.54, 1.807) is 12.3 Å². The summed E-state index contributed by atoms with van der Waals surface area (Å²) in [5.41, 5.74) is 3.52. The van der Waals surface area contributed by atoms with E-state index < -0.39 is 0 Å². The third-order valence-corrected chi connectivity index (χ3v) is 3.64. The molecule has 1 amide bonds. The lowest BCUT2D eigenvalue weighted by atomic mass is 9.95. The van der Waals surface area contributed by atoms with Crippen LogP contribution in [0.4, 0.5) is 5.69 Å². The number of carbonyl (C=O) groups excluding carboxylic acids is 1. The molecule has 6 nitrogen and oxygen atoms in total. The zero-order valence-electron chi connectivity index (χ0n) is 9.93. The number of carbonyl (C=O) groups is 1. The fourth-order valence-corrected chi connectivity index (χ4v) is 2.74. The highest BCUT2D eigenvalue weighted by Gasteiger charge is 2.41. The number of hydrogen-bond donors (Lipinski definition) is 3. The van der Waals surface area contributed by atoms with Crippen molar-refractivity contribution in [2.45, 2.75) is 37.5 Å². The van der Waals surface area contributed by atoms with E-state index in [1.165, 1.54) is 6.20 Å². The first-order valence-corrected chi connectivity index (χ1v) is 6.15. The number of anilines is 1. The average molecular weight is 248 g/mol. The monoisotopic (exact) mass is 248 g/mol. The predicted molar refractivity (Wildman–Crippen MR) is 65.8 cm³/mol. The molecule has 3 heterocycles. The quantitative estimate of drug-likeness (QED) is 0.533. The van der Waals surface area contributed by atoms with Crippen LogP contribution in [0.5, 0.6) is 0 Å². The standard InChI is InChI=1S/C12H16N4O2/c13-16-10-6-14-4-3-8(10)12(17)15-9-5-7-1-2-11(9)18-7/h3-4,6-7,9,11,16H,1-2,5,13H2,(H,15,17). The Hall–Kier alpha value is -1.66. The average Bonchev–Trinajstić information content (AvgIpc) is 3.01. The van der Waals surface area contributed by atoms with E-state index in [4.69, 9.17) is 10.6 Å². The van der Waals surface area contributed by atoms with Crippen molar-refractivity contribution >= 4 is 11.6 Å². The van der Waals surface area contributed by atoms with Crippen LogP contribution >= 0.6 is 0 Å². The van der Waals surface area contributed by atoms with Gasteiger partial charge in [-0.05, 0) is 25.3 Å². The fraction of sp³-hybridized carbons (Fsp3) is 0.500. The van der Waals surface area contributed by atoms with Gasteiger partial charge in [0.25, 0.3) is 5.91 Å². The van der Waals surface area contributed by atoms with Crippen LogP contribution in [0.25, 0.3) is 0 Å². The maximum absolute atomic E-state index is 12.2. The topological polar surface area (TPSA) is 89.3 Å². The second-order valence-electron chi connectivity index (χ2n) is 4.76. The van der Waals surface area contributed by atoms with Gasteiger partial charge >= 0.3 is 0 Å². The van der Waals surface area contributed by atoms with Crippen molar-refractivity contribution < 1.29 is 9.53 Å². The first-order chi connectivity index (χ1) is 8.78. The molecule has 2 saturated heterocycles. The highest BCUT2D eigenvalue weighted by Crippen LogP contribution is 2.34. The number of nitrogens with one attached hydrogen (secondary N) is 2. The molecule has 0 spiro atoms. The van der Waals surface area contributed by atoms with Crippen molar-refractivity contribution in [3.05, 3.63) is 24.0 Å². The van der Waals surface area contributed by atoms with Gasteiger partial charge in [-0.15, -0.1) is 0 Å². The highest BCUT2D eigenvalue weighted by molar-refractivity contribution is 5.99. The van der Waals surface area contributed by atoms with Gasteiger partial charge in [0.1, 0.15) is 0 Å². The fourth-order valence-electron chi connectivity index (χ4n) is 2.74. The van der Waals surface area contributed by atoms with Crippen LogP contribution in [0.3, 0.4) is 0 Å². The molecule has 0 aromatic carbocycles. The Labute approximate surface area is 105 Å². The largest absolute Gasteiger partial charge is 0.373 e. The minimum Gasteiger partial charge on any atom is -0.373 e. The zero-order valence-corrected chi connectivity index (χ0v) is 9.93. The van der Waals surface area contributed by atoms with Gasteiger partial charge in [0.2, 0.25) is 0 Å². The maximum atomic E-state index is 12.2. The number of nitrogens with zero attached hydrogens (tertiary/aromatic N) is 1. The van der Waals surface area contributed by atoms with Crippen molar-refractivity contribution in [2.24, 2.45) is 5.84 Å². The van der Waals surface area contributed by atoms with Crippen LogP contribution in [0.15, 0.2) is 18.5 Å². The van der Waals surface area contributed by atoms with Crippen molar-refractivity contribution in [3.63, 3.8) is 0 Å². The van der Waals surface area contributed by atoms with Gasteiger partial charge in [-0.25, -0.2) is 0 Å². The van der Waals surface area contributed by atoms with Crippen molar-refractivity contribution in [3.8, 4) is 0 Å². The van der Waals surface area contributed by atoms with E-state index in [2.05, 4.69) is 15.7 Å². The summed E-state index contributed by atoms with van der Waals surface area (Å²) in [7, 11) is 0. The first-order valence-electron chi connectivity index (χ1n) is 6.15. The smallest absolute Gasteiger partial charge is 0.253 e. The van der Waals surface area contributed by atoms with Crippen molar-refractivity contribution in [1.82, 2.24) is 10.3 Å². The summed E-state index contributed by atoms with van der Waals surface area (Å²) in [5, 5.41) is 3.01. The molecule has 18 heavy (non-hydrogen) atoms. The molecule has 96 valence electrons. The Kier molecular flexibility index (Phi) is 2.89. The molecule has 1 aromatic rings. The van der Waals surface area contributed by atoms with Crippen molar-refractivity contribution in [1.29, 1.82) is 0 Å². The molecule has 2 bridgehead atoms. The molecule has 0 saturated carbocycles. The van der Waals surface area contributed by atoms with Gasteiger partial charge in [0.05, 0.1) is 35.7 Å². The van der Waals surface area contributed by atoms with Gasteiger partial charge in [0.15, 0.2) is 0 Å². The molecular formula is C12H16N4O2. The number of aromatic nitrogens is 1. The maximum Gasteiger partial charge on any atom is 0.253 e. The summed E-state index contributed by atoms with van der Waals surface area (Å²) in [6.45, 7) is 0. The Morgan fingerprint density at radius 1 is 1.50 bits per heavy atom. The molecule has 2 fully saturated rings. The van der Waals surface area contributed by atoms with Gasteiger partial charge in [-0.1, -0.05) is 0 Å². The number of rotatable bonds is 3. The lowest BCUT2D eigenvalue weighted by Gasteiger charge is -2.20. The molecule has 3 atom stereocenters. The molecule has 2 aliphatic rings. The third kappa shape index (κ3) is 1.93. The molecule has 0 radical (unpaired) electrons. The number of nitrogens with two attached hydrogens (primary N) is 1. The van der Waals surface area contributed by atoms with Crippen LogP contribution < -0.4 is 16.6 Å². The van der Waals surface area contributed by atoms with E-state index in [0.29, 0.717) is 17.4 Å². The third-order valence-electron chi connectivity index (χ3n) is 3.64. The van der Waals surface area contributed by atoms with E-state index in [1.807, 2.05) is 0 Å². The van der Waals surface area contributed by atoms with Crippen LogP contribution in [-0.4, -0.2) is 29.1 Å². The summed E-state index contributed by atoms with van der Waals surface area (Å²) < 4.78 is 5.71. The van der Waals surface area contributed by atoms with E-state index in [9.17, 15) is 4.79 Å². The Morgan fingerprint density at radius 2 is 2.39 bits per heavy atom. The lowest BCUT2D eigenvalue weighted by molar-refractivity contribution is 0.0841. The van der Waals surface area contributed by atoms with Gasteiger partial charge in [-0.3, -0.25) is 15.6 Å². The molecule has 2 aliphatic heterocycles. The molecule has 0 aliphatic carbocycles. The lowest BCUT2D eigenvalue weighted by Crippen LogP contribution is -2.41. The number of hydrazine groups is 1. The summed E-state index contributed by atoms with van der Waals surface area (Å²) in [6, 6.07) is 1.77. The first kappa shape index (κ1) is 11.4. The second kappa shape index (κ2) is 4.55. The van der Waals surface area contributed by atoms with E-state index in [0.717, 1.165) is 19.3 Å². The van der Waals surface area contributed by atoms with Gasteiger partial charge in [-0.2, -0.15) is 0 Å². The summed E-state index contributed by atoms with van der Waals surface area (Å²) in [5.74, 6) is 5.23. The van der Waals surface area contributed by atoms with E-state index in [-0.39, 0.29) is 18.1 Å².